The molecule has 2 heterocycles. The molecule has 0 aliphatic rings. The maximum atomic E-state index is 12.9. The first-order valence-electron chi connectivity index (χ1n) is 8.32. The zero-order valence-electron chi connectivity index (χ0n) is 14.9. The molecular formula is C20H20FN3O2. The summed E-state index contributed by atoms with van der Waals surface area (Å²) in [5, 5.41) is 2.61. The van der Waals surface area contributed by atoms with Crippen molar-refractivity contribution in [1.29, 1.82) is 0 Å². The van der Waals surface area contributed by atoms with Crippen molar-refractivity contribution in [3.63, 3.8) is 0 Å². The summed E-state index contributed by atoms with van der Waals surface area (Å²) in [6, 6.07) is 10.8. The number of imidazole rings is 1. The summed E-state index contributed by atoms with van der Waals surface area (Å²) in [7, 11) is 0. The minimum atomic E-state index is -0.417. The largest absolute Gasteiger partial charge is 0.343 e. The van der Waals surface area contributed by atoms with E-state index in [0.29, 0.717) is 11.1 Å². The predicted octanol–water partition coefficient (Wildman–Crippen LogP) is 3.38. The molecule has 5 nitrogen and oxygen atoms in total. The van der Waals surface area contributed by atoms with E-state index >= 15 is 0 Å². The lowest BCUT2D eigenvalue weighted by molar-refractivity contribution is 0.0902. The summed E-state index contributed by atoms with van der Waals surface area (Å²) in [6.45, 7) is 5.89. The van der Waals surface area contributed by atoms with Crippen molar-refractivity contribution in [2.24, 2.45) is 0 Å². The molecule has 6 heteroatoms. The first-order valence-corrected chi connectivity index (χ1v) is 8.32. The van der Waals surface area contributed by atoms with Gasteiger partial charge in [0.1, 0.15) is 11.6 Å². The number of benzene rings is 1. The average molecular weight is 353 g/mol. The molecule has 0 bridgehead atoms. The number of fused-ring (bicyclic) bond motifs is 1. The van der Waals surface area contributed by atoms with Crippen molar-refractivity contribution in [3.8, 4) is 0 Å². The molecule has 0 fully saturated rings. The van der Waals surface area contributed by atoms with Gasteiger partial charge >= 0.3 is 0 Å². The molecule has 1 aromatic carbocycles. The first kappa shape index (κ1) is 17.8. The molecule has 0 aliphatic heterocycles. The molecule has 0 aliphatic carbocycles. The number of ketones is 1. The Labute approximate surface area is 150 Å². The molecule has 1 N–H and O–H groups in total. The van der Waals surface area contributed by atoms with Crippen LogP contribution >= 0.6 is 0 Å². The number of nitrogens with zero attached hydrogens (tertiary/aromatic N) is 2. The van der Waals surface area contributed by atoms with E-state index in [-0.39, 0.29) is 23.4 Å². The highest BCUT2D eigenvalue weighted by molar-refractivity contribution is 6.04. The van der Waals surface area contributed by atoms with Crippen LogP contribution < -0.4 is 5.32 Å². The van der Waals surface area contributed by atoms with Gasteiger partial charge in [0.25, 0.3) is 5.91 Å². The van der Waals surface area contributed by atoms with Gasteiger partial charge in [0, 0.05) is 17.2 Å². The van der Waals surface area contributed by atoms with Gasteiger partial charge in [0.2, 0.25) is 0 Å². The summed E-state index contributed by atoms with van der Waals surface area (Å²) in [5.41, 5.74) is 1.07. The average Bonchev–Trinajstić information content (AvgIpc) is 3.00. The predicted molar refractivity (Wildman–Crippen MR) is 97.0 cm³/mol. The molecule has 3 aromatic rings. The second kappa shape index (κ2) is 6.71. The Hall–Kier alpha value is -3.02. The molecule has 0 spiro atoms. The maximum Gasteiger partial charge on any atom is 0.272 e. The number of halogens is 1. The number of hydrogen-bond acceptors (Lipinski definition) is 3. The molecule has 134 valence electrons. The van der Waals surface area contributed by atoms with Crippen molar-refractivity contribution < 1.29 is 14.0 Å². The zero-order chi connectivity index (χ0) is 18.9. The summed E-state index contributed by atoms with van der Waals surface area (Å²) in [4.78, 5) is 29.3. The van der Waals surface area contributed by atoms with Gasteiger partial charge in [-0.1, -0.05) is 26.8 Å². The van der Waals surface area contributed by atoms with E-state index in [4.69, 9.17) is 0 Å². The van der Waals surface area contributed by atoms with Gasteiger partial charge in [0.15, 0.2) is 11.5 Å². The molecule has 26 heavy (non-hydrogen) atoms. The summed E-state index contributed by atoms with van der Waals surface area (Å²) in [6.07, 6.45) is 1.86. The lowest BCUT2D eigenvalue weighted by Crippen LogP contribution is -2.30. The van der Waals surface area contributed by atoms with Crippen LogP contribution in [0.3, 0.4) is 0 Å². The Balaban J connectivity index is 1.82. The lowest BCUT2D eigenvalue weighted by Gasteiger charge is -2.16. The van der Waals surface area contributed by atoms with Crippen molar-refractivity contribution >= 4 is 17.2 Å². The molecule has 0 unspecified atom stereocenters. The van der Waals surface area contributed by atoms with E-state index in [1.54, 1.807) is 0 Å². The monoisotopic (exact) mass is 353 g/mol. The summed E-state index contributed by atoms with van der Waals surface area (Å²) >= 11 is 0. The van der Waals surface area contributed by atoms with Gasteiger partial charge in [-0.2, -0.15) is 0 Å². The van der Waals surface area contributed by atoms with Gasteiger partial charge in [0.05, 0.1) is 12.1 Å². The highest BCUT2D eigenvalue weighted by Gasteiger charge is 2.25. The van der Waals surface area contributed by atoms with Crippen molar-refractivity contribution in [2.75, 3.05) is 6.54 Å². The van der Waals surface area contributed by atoms with Crippen LogP contribution in [0.2, 0.25) is 0 Å². The second-order valence-electron chi connectivity index (χ2n) is 7.10. The molecule has 0 saturated carbocycles. The Morgan fingerprint density at radius 2 is 1.81 bits per heavy atom. The molecular weight excluding hydrogens is 333 g/mol. The SMILES string of the molecule is CC(C)(C)c1nc(C(=O)NCC(=O)c2ccc(F)cc2)c2ccccn12. The van der Waals surface area contributed by atoms with E-state index in [1.165, 1.54) is 24.3 Å². The minimum absolute atomic E-state index is 0.179. The second-order valence-corrected chi connectivity index (χ2v) is 7.10. The van der Waals surface area contributed by atoms with Crippen LogP contribution in [0.15, 0.2) is 48.7 Å². The van der Waals surface area contributed by atoms with E-state index in [2.05, 4.69) is 10.3 Å². The van der Waals surface area contributed by atoms with E-state index in [0.717, 1.165) is 5.82 Å². The zero-order valence-corrected chi connectivity index (χ0v) is 14.9. The van der Waals surface area contributed by atoms with Gasteiger partial charge < -0.3 is 9.72 Å². The van der Waals surface area contributed by atoms with E-state index in [9.17, 15) is 14.0 Å². The van der Waals surface area contributed by atoms with Gasteiger partial charge in [-0.15, -0.1) is 0 Å². The van der Waals surface area contributed by atoms with Gasteiger partial charge in [-0.3, -0.25) is 9.59 Å². The smallest absolute Gasteiger partial charge is 0.272 e. The maximum absolute atomic E-state index is 12.9. The number of pyridine rings is 1. The minimum Gasteiger partial charge on any atom is -0.343 e. The van der Waals surface area contributed by atoms with Crippen LogP contribution in [0.4, 0.5) is 4.39 Å². The third-order valence-electron chi connectivity index (χ3n) is 4.01. The van der Waals surface area contributed by atoms with E-state index in [1.807, 2.05) is 49.6 Å². The fourth-order valence-electron chi connectivity index (χ4n) is 2.72. The number of nitrogens with one attached hydrogen (secondary N) is 1. The van der Waals surface area contributed by atoms with Crippen LogP contribution in [-0.2, 0) is 5.41 Å². The van der Waals surface area contributed by atoms with E-state index < -0.39 is 11.7 Å². The number of carbonyl (C=O) groups excluding carboxylic acids is 2. The van der Waals surface area contributed by atoms with Crippen molar-refractivity contribution in [3.05, 3.63) is 71.6 Å². The molecule has 2 aromatic heterocycles. The van der Waals surface area contributed by atoms with Crippen LogP contribution in [0.5, 0.6) is 0 Å². The summed E-state index contributed by atoms with van der Waals surface area (Å²) in [5.74, 6) is -0.356. The topological polar surface area (TPSA) is 63.5 Å². The molecule has 0 radical (unpaired) electrons. The fraction of sp³-hybridized carbons (Fsp3) is 0.250. The van der Waals surface area contributed by atoms with Crippen molar-refractivity contribution in [1.82, 2.24) is 14.7 Å². The van der Waals surface area contributed by atoms with Gasteiger partial charge in [-0.25, -0.2) is 9.37 Å². The molecule has 3 rings (SSSR count). The number of carbonyl (C=O) groups is 2. The van der Waals surface area contributed by atoms with Crippen molar-refractivity contribution in [2.45, 2.75) is 26.2 Å². The Bertz CT molecular complexity index is 969. The van der Waals surface area contributed by atoms with Crippen LogP contribution in [0, 0.1) is 5.82 Å². The third-order valence-corrected chi connectivity index (χ3v) is 4.01. The highest BCUT2D eigenvalue weighted by atomic mass is 19.1. The summed E-state index contributed by atoms with van der Waals surface area (Å²) < 4.78 is 14.8. The first-order chi connectivity index (χ1) is 12.3. The number of Topliss-reactive ketones (excluding diaryl/α,β-unsaturated/α-hetero) is 1. The number of aromatic nitrogens is 2. The number of rotatable bonds is 4. The number of amides is 1. The van der Waals surface area contributed by atoms with Crippen LogP contribution in [0.25, 0.3) is 5.52 Å². The van der Waals surface area contributed by atoms with Crippen LogP contribution in [0.1, 0.15) is 47.4 Å². The Morgan fingerprint density at radius 1 is 1.12 bits per heavy atom. The molecule has 1 amide bonds. The third kappa shape index (κ3) is 3.49. The normalized spacial score (nSPS) is 11.5. The fourth-order valence-corrected chi connectivity index (χ4v) is 2.72. The quantitative estimate of drug-likeness (QED) is 0.732. The number of hydrogen-bond donors (Lipinski definition) is 1. The molecule has 0 atom stereocenters. The molecule has 0 saturated heterocycles. The highest BCUT2D eigenvalue weighted by Crippen LogP contribution is 2.24. The van der Waals surface area contributed by atoms with Gasteiger partial charge in [-0.05, 0) is 36.4 Å². The Morgan fingerprint density at radius 3 is 2.46 bits per heavy atom. The standard InChI is InChI=1S/C20H20FN3O2/c1-20(2,3)19-23-17(15-6-4-5-11-24(15)19)18(26)22-12-16(25)13-7-9-14(21)10-8-13/h4-11H,12H2,1-3H3,(H,22,26). The Kier molecular flexibility index (Phi) is 4.59. The van der Waals surface area contributed by atoms with Crippen LogP contribution in [-0.4, -0.2) is 27.6 Å². The lowest BCUT2D eigenvalue weighted by atomic mass is 9.96.